The molecular weight excluding hydrogens is 388 g/mol. The van der Waals surface area contributed by atoms with Crippen molar-refractivity contribution in [3.63, 3.8) is 0 Å². The lowest BCUT2D eigenvalue weighted by atomic mass is 10.1. The number of hydrogen-bond donors (Lipinski definition) is 2. The lowest BCUT2D eigenvalue weighted by molar-refractivity contribution is 0.0602. The van der Waals surface area contributed by atoms with E-state index in [4.69, 9.17) is 21.4 Å². The van der Waals surface area contributed by atoms with Crippen molar-refractivity contribution < 1.29 is 18.7 Å². The van der Waals surface area contributed by atoms with Gasteiger partial charge in [-0.2, -0.15) is 0 Å². The summed E-state index contributed by atoms with van der Waals surface area (Å²) in [5.74, 6) is -0.281. The molecule has 29 heavy (non-hydrogen) atoms. The molecule has 1 heterocycles. The van der Waals surface area contributed by atoms with Crippen LogP contribution >= 0.6 is 12.2 Å². The molecule has 0 radical (unpaired) electrons. The number of nitrogens with one attached hydrogen (secondary N) is 2. The third kappa shape index (κ3) is 4.70. The Morgan fingerprint density at radius 3 is 2.48 bits per heavy atom. The number of amides is 1. The van der Waals surface area contributed by atoms with E-state index in [1.165, 1.54) is 12.7 Å². The zero-order valence-electron chi connectivity index (χ0n) is 16.2. The Morgan fingerprint density at radius 1 is 1.00 bits per heavy atom. The van der Waals surface area contributed by atoms with E-state index in [1.54, 1.807) is 36.4 Å². The van der Waals surface area contributed by atoms with Crippen LogP contribution in [0, 0.1) is 13.8 Å². The highest BCUT2D eigenvalue weighted by Gasteiger charge is 2.16. The van der Waals surface area contributed by atoms with Crippen LogP contribution in [0.4, 0.5) is 5.69 Å². The number of aryl methyl sites for hydroxylation is 2. The van der Waals surface area contributed by atoms with Gasteiger partial charge in [0, 0.05) is 5.56 Å². The van der Waals surface area contributed by atoms with Crippen LogP contribution in [-0.4, -0.2) is 24.1 Å². The normalized spacial score (nSPS) is 10.3. The summed E-state index contributed by atoms with van der Waals surface area (Å²) in [6, 6.07) is 16.0. The summed E-state index contributed by atoms with van der Waals surface area (Å²) < 4.78 is 10.4. The Labute approximate surface area is 173 Å². The van der Waals surface area contributed by atoms with Crippen LogP contribution in [0.5, 0.6) is 0 Å². The molecule has 0 saturated heterocycles. The van der Waals surface area contributed by atoms with Gasteiger partial charge in [0.15, 0.2) is 10.9 Å². The Kier molecular flexibility index (Phi) is 6.09. The lowest BCUT2D eigenvalue weighted by Gasteiger charge is -2.11. The first kappa shape index (κ1) is 20.3. The van der Waals surface area contributed by atoms with Crippen molar-refractivity contribution in [1.29, 1.82) is 0 Å². The fraction of sp³-hybridized carbons (Fsp3) is 0.136. The van der Waals surface area contributed by atoms with Gasteiger partial charge in [0.25, 0.3) is 5.91 Å². The fourth-order valence-electron chi connectivity index (χ4n) is 2.71. The average Bonchev–Trinajstić information content (AvgIpc) is 3.20. The summed E-state index contributed by atoms with van der Waals surface area (Å²) >= 11 is 5.19. The minimum atomic E-state index is -0.508. The van der Waals surface area contributed by atoms with E-state index in [-0.39, 0.29) is 10.9 Å². The van der Waals surface area contributed by atoms with Gasteiger partial charge in [-0.05, 0) is 67.5 Å². The second kappa shape index (κ2) is 8.70. The molecular formula is C22H20N2O4S. The molecule has 0 bridgehead atoms. The molecule has 3 aromatic rings. The maximum absolute atomic E-state index is 12.5. The van der Waals surface area contributed by atoms with E-state index in [0.717, 1.165) is 11.1 Å². The standard InChI is InChI=1S/C22H20N2O4S/c1-13-8-9-15(12-14(13)2)18-10-11-19(28-18)20(25)24-22(29)23-17-7-5-4-6-16(17)21(26)27-3/h4-12H,1-3H3,(H2,23,24,25,29). The quantitative estimate of drug-likeness (QED) is 0.490. The average molecular weight is 408 g/mol. The van der Waals surface area contributed by atoms with Gasteiger partial charge in [0.1, 0.15) is 5.76 Å². The molecule has 0 atom stereocenters. The van der Waals surface area contributed by atoms with Crippen LogP contribution in [0.15, 0.2) is 59.0 Å². The molecule has 0 saturated carbocycles. The lowest BCUT2D eigenvalue weighted by Crippen LogP contribution is -2.34. The first-order chi connectivity index (χ1) is 13.9. The van der Waals surface area contributed by atoms with Crippen molar-refractivity contribution in [3.05, 3.63) is 77.0 Å². The molecule has 0 fully saturated rings. The molecule has 3 rings (SSSR count). The molecule has 7 heteroatoms. The Hall–Kier alpha value is -3.45. The van der Waals surface area contributed by atoms with E-state index in [2.05, 4.69) is 10.6 Å². The Morgan fingerprint density at radius 2 is 1.76 bits per heavy atom. The zero-order chi connectivity index (χ0) is 21.0. The maximum Gasteiger partial charge on any atom is 0.339 e. The maximum atomic E-state index is 12.5. The van der Waals surface area contributed by atoms with Gasteiger partial charge in [-0.1, -0.05) is 24.3 Å². The summed E-state index contributed by atoms with van der Waals surface area (Å²) in [6.45, 7) is 4.05. The second-order valence-corrected chi connectivity index (χ2v) is 6.82. The number of esters is 1. The molecule has 1 aromatic heterocycles. The highest BCUT2D eigenvalue weighted by atomic mass is 32.1. The third-order valence-electron chi connectivity index (χ3n) is 4.43. The van der Waals surface area contributed by atoms with Crippen LogP contribution in [0.25, 0.3) is 11.3 Å². The third-order valence-corrected chi connectivity index (χ3v) is 4.63. The van der Waals surface area contributed by atoms with Crippen LogP contribution < -0.4 is 10.6 Å². The molecule has 0 spiro atoms. The first-order valence-corrected chi connectivity index (χ1v) is 9.27. The van der Waals surface area contributed by atoms with Crippen molar-refractivity contribution in [2.75, 3.05) is 12.4 Å². The molecule has 2 aromatic carbocycles. The molecule has 0 aliphatic carbocycles. The molecule has 148 valence electrons. The minimum Gasteiger partial charge on any atom is -0.465 e. The Balaban J connectivity index is 1.70. The number of para-hydroxylation sites is 1. The number of methoxy groups -OCH3 is 1. The van der Waals surface area contributed by atoms with E-state index in [0.29, 0.717) is 17.0 Å². The minimum absolute atomic E-state index is 0.0375. The predicted octanol–water partition coefficient (Wildman–Crippen LogP) is 4.48. The number of benzene rings is 2. The van der Waals surface area contributed by atoms with Gasteiger partial charge in [0.2, 0.25) is 0 Å². The highest BCUT2D eigenvalue weighted by Crippen LogP contribution is 2.24. The van der Waals surface area contributed by atoms with Crippen LogP contribution in [0.1, 0.15) is 32.0 Å². The van der Waals surface area contributed by atoms with Gasteiger partial charge in [0.05, 0.1) is 18.4 Å². The molecule has 0 aliphatic rings. The number of anilines is 1. The number of carbonyl (C=O) groups is 2. The summed E-state index contributed by atoms with van der Waals surface area (Å²) in [5, 5.41) is 5.42. The van der Waals surface area contributed by atoms with Crippen LogP contribution in [0.3, 0.4) is 0 Å². The number of thiocarbonyl (C=S) groups is 1. The highest BCUT2D eigenvalue weighted by molar-refractivity contribution is 7.80. The van der Waals surface area contributed by atoms with Crippen molar-refractivity contribution in [3.8, 4) is 11.3 Å². The van der Waals surface area contributed by atoms with Gasteiger partial charge in [-0.25, -0.2) is 4.79 Å². The monoisotopic (exact) mass is 408 g/mol. The zero-order valence-corrected chi connectivity index (χ0v) is 17.1. The molecule has 2 N–H and O–H groups in total. The molecule has 6 nitrogen and oxygen atoms in total. The van der Waals surface area contributed by atoms with E-state index >= 15 is 0 Å². The summed E-state index contributed by atoms with van der Waals surface area (Å²) in [4.78, 5) is 24.3. The number of furan rings is 1. The van der Waals surface area contributed by atoms with Crippen molar-refractivity contribution in [1.82, 2.24) is 5.32 Å². The van der Waals surface area contributed by atoms with Crippen LogP contribution in [0.2, 0.25) is 0 Å². The van der Waals surface area contributed by atoms with Gasteiger partial charge in [-0.3, -0.25) is 10.1 Å². The molecule has 1 amide bonds. The van der Waals surface area contributed by atoms with E-state index < -0.39 is 11.9 Å². The number of carbonyl (C=O) groups excluding carboxylic acids is 2. The second-order valence-electron chi connectivity index (χ2n) is 6.41. The summed E-state index contributed by atoms with van der Waals surface area (Å²) in [6.07, 6.45) is 0. The number of hydrogen-bond acceptors (Lipinski definition) is 5. The van der Waals surface area contributed by atoms with Gasteiger partial charge < -0.3 is 14.5 Å². The fourth-order valence-corrected chi connectivity index (χ4v) is 2.91. The van der Waals surface area contributed by atoms with Gasteiger partial charge >= 0.3 is 5.97 Å². The van der Waals surface area contributed by atoms with E-state index in [9.17, 15) is 9.59 Å². The van der Waals surface area contributed by atoms with Crippen molar-refractivity contribution >= 4 is 34.9 Å². The van der Waals surface area contributed by atoms with Crippen molar-refractivity contribution in [2.24, 2.45) is 0 Å². The predicted molar refractivity (Wildman–Crippen MR) is 115 cm³/mol. The van der Waals surface area contributed by atoms with Crippen molar-refractivity contribution in [2.45, 2.75) is 13.8 Å². The largest absolute Gasteiger partial charge is 0.465 e. The Bertz CT molecular complexity index is 1090. The number of rotatable bonds is 4. The van der Waals surface area contributed by atoms with Gasteiger partial charge in [-0.15, -0.1) is 0 Å². The molecule has 0 aliphatic heterocycles. The van der Waals surface area contributed by atoms with Crippen LogP contribution in [-0.2, 0) is 4.74 Å². The summed E-state index contributed by atoms with van der Waals surface area (Å²) in [7, 11) is 1.29. The first-order valence-electron chi connectivity index (χ1n) is 8.86. The SMILES string of the molecule is COC(=O)c1ccccc1NC(=S)NC(=O)c1ccc(-c2ccc(C)c(C)c2)o1. The van der Waals surface area contributed by atoms with E-state index in [1.807, 2.05) is 32.0 Å². The smallest absolute Gasteiger partial charge is 0.339 e. The number of ether oxygens (including phenoxy) is 1. The topological polar surface area (TPSA) is 80.6 Å². The molecule has 0 unspecified atom stereocenters. The summed E-state index contributed by atoms with van der Waals surface area (Å²) in [5.41, 5.74) is 3.95.